The summed E-state index contributed by atoms with van der Waals surface area (Å²) in [5.74, 6) is 0.892. The molecule has 9 nitrogen and oxygen atoms in total. The summed E-state index contributed by atoms with van der Waals surface area (Å²) in [5, 5.41) is 0. The summed E-state index contributed by atoms with van der Waals surface area (Å²) in [6, 6.07) is 9.55. The Labute approximate surface area is 215 Å². The molecule has 2 aromatic carbocycles. The summed E-state index contributed by atoms with van der Waals surface area (Å²) in [6.45, 7) is 3.65. The van der Waals surface area contributed by atoms with Crippen LogP contribution in [0, 0.1) is 0 Å². The number of likely N-dealkylation sites (N-methyl/N-ethyl adjacent to an activating group) is 1. The van der Waals surface area contributed by atoms with E-state index in [9.17, 15) is 13.2 Å². The van der Waals surface area contributed by atoms with Crippen LogP contribution in [0.1, 0.15) is 36.5 Å². The van der Waals surface area contributed by atoms with Gasteiger partial charge >= 0.3 is 0 Å². The van der Waals surface area contributed by atoms with Gasteiger partial charge in [0.1, 0.15) is 21.7 Å². The van der Waals surface area contributed by atoms with E-state index in [1.54, 1.807) is 21.3 Å². The minimum atomic E-state index is -3.69. The number of amides is 1. The zero-order chi connectivity index (χ0) is 25.9. The minimum absolute atomic E-state index is 0.0854. The number of benzene rings is 2. The second kappa shape index (κ2) is 11.1. The second-order valence-corrected chi connectivity index (χ2v) is 11.6. The van der Waals surface area contributed by atoms with Crippen molar-refractivity contribution in [3.63, 3.8) is 0 Å². The zero-order valence-corrected chi connectivity index (χ0v) is 22.5. The van der Waals surface area contributed by atoms with Gasteiger partial charge in [0.05, 0.1) is 25.2 Å². The number of aryl methyl sites for hydroxylation is 1. The molecule has 1 fully saturated rings. The first-order valence-electron chi connectivity index (χ1n) is 11.8. The average Bonchev–Trinajstić information content (AvgIpc) is 3.52. The molecule has 1 aliphatic rings. The lowest BCUT2D eigenvalue weighted by atomic mass is 10.2. The van der Waals surface area contributed by atoms with Gasteiger partial charge in [-0.25, -0.2) is 8.42 Å². The van der Waals surface area contributed by atoms with Crippen molar-refractivity contribution in [3.8, 4) is 11.5 Å². The summed E-state index contributed by atoms with van der Waals surface area (Å²) in [5.41, 5.74) is 1.13. The van der Waals surface area contributed by atoms with Crippen molar-refractivity contribution < 1.29 is 27.4 Å². The van der Waals surface area contributed by atoms with Gasteiger partial charge in [0.25, 0.3) is 5.91 Å². The number of ether oxygens (including phenoxy) is 3. The maximum atomic E-state index is 13.1. The SMILES string of the molecule is CCCn1c(=NC(=O)c2ccc(S(=O)(=O)N(C)CC3CCCO3)cc2)sc2c(OC)ccc(OC)c21. The van der Waals surface area contributed by atoms with Crippen molar-refractivity contribution in [2.45, 2.75) is 43.7 Å². The maximum Gasteiger partial charge on any atom is 0.279 e. The molecule has 0 aliphatic carbocycles. The van der Waals surface area contributed by atoms with Gasteiger partial charge in [0.15, 0.2) is 4.80 Å². The molecule has 4 rings (SSSR count). The monoisotopic (exact) mass is 533 g/mol. The Bertz CT molecular complexity index is 1400. The Kier molecular flexibility index (Phi) is 8.13. The van der Waals surface area contributed by atoms with Crippen LogP contribution >= 0.6 is 11.3 Å². The molecule has 194 valence electrons. The lowest BCUT2D eigenvalue weighted by Crippen LogP contribution is -2.34. The van der Waals surface area contributed by atoms with Crippen LogP contribution < -0.4 is 14.3 Å². The number of carbonyl (C=O) groups is 1. The topological polar surface area (TPSA) is 99.4 Å². The van der Waals surface area contributed by atoms with Gasteiger partial charge in [0, 0.05) is 32.3 Å². The molecule has 0 saturated carbocycles. The van der Waals surface area contributed by atoms with Crippen LogP contribution in [0.5, 0.6) is 11.5 Å². The van der Waals surface area contributed by atoms with Crippen molar-refractivity contribution in [1.29, 1.82) is 0 Å². The highest BCUT2D eigenvalue weighted by Crippen LogP contribution is 2.35. The van der Waals surface area contributed by atoms with E-state index in [1.807, 2.05) is 23.6 Å². The standard InChI is InChI=1S/C25H31N3O6S2/c1-5-14-28-22-20(32-3)12-13-21(33-4)23(22)35-25(28)26-24(29)17-8-10-19(11-9-17)36(30,31)27(2)16-18-7-6-15-34-18/h8-13,18H,5-7,14-16H2,1-4H3. The molecule has 3 aromatic rings. The molecule has 36 heavy (non-hydrogen) atoms. The van der Waals surface area contributed by atoms with E-state index in [2.05, 4.69) is 4.99 Å². The molecule has 1 atom stereocenters. The third-order valence-corrected chi connectivity index (χ3v) is 9.06. The number of sulfonamides is 1. The van der Waals surface area contributed by atoms with Gasteiger partial charge in [-0.05, 0) is 55.7 Å². The predicted molar refractivity (Wildman–Crippen MR) is 138 cm³/mol. The van der Waals surface area contributed by atoms with Crippen LogP contribution in [0.2, 0.25) is 0 Å². The van der Waals surface area contributed by atoms with Gasteiger partial charge in [-0.2, -0.15) is 9.30 Å². The Morgan fingerprint density at radius 1 is 1.17 bits per heavy atom. The van der Waals surface area contributed by atoms with Crippen molar-refractivity contribution in [2.75, 3.05) is 34.4 Å². The molecule has 11 heteroatoms. The fourth-order valence-corrected chi connectivity index (χ4v) is 6.61. The highest BCUT2D eigenvalue weighted by Gasteiger charge is 2.26. The number of rotatable bonds is 9. The predicted octanol–water partition coefficient (Wildman–Crippen LogP) is 3.67. The van der Waals surface area contributed by atoms with Crippen LogP contribution in [0.15, 0.2) is 46.3 Å². The quantitative estimate of drug-likeness (QED) is 0.416. The Morgan fingerprint density at radius 2 is 1.86 bits per heavy atom. The summed E-state index contributed by atoms with van der Waals surface area (Å²) in [4.78, 5) is 18.1. The van der Waals surface area contributed by atoms with Gasteiger partial charge in [-0.15, -0.1) is 0 Å². The second-order valence-electron chi connectivity index (χ2n) is 8.55. The minimum Gasteiger partial charge on any atom is -0.495 e. The van der Waals surface area contributed by atoms with E-state index in [0.717, 1.165) is 29.5 Å². The van der Waals surface area contributed by atoms with E-state index in [4.69, 9.17) is 14.2 Å². The number of fused-ring (bicyclic) bond motifs is 1. The highest BCUT2D eigenvalue weighted by atomic mass is 32.2. The van der Waals surface area contributed by atoms with Gasteiger partial charge in [0.2, 0.25) is 10.0 Å². The van der Waals surface area contributed by atoms with E-state index in [1.165, 1.54) is 39.9 Å². The molecular formula is C25H31N3O6S2. The Morgan fingerprint density at radius 3 is 2.47 bits per heavy atom. The van der Waals surface area contributed by atoms with E-state index in [-0.39, 0.29) is 11.0 Å². The molecule has 1 amide bonds. The molecule has 1 aromatic heterocycles. The average molecular weight is 534 g/mol. The smallest absolute Gasteiger partial charge is 0.279 e. The van der Waals surface area contributed by atoms with E-state index >= 15 is 0 Å². The molecule has 1 unspecified atom stereocenters. The lowest BCUT2D eigenvalue weighted by Gasteiger charge is -2.20. The molecule has 2 heterocycles. The first-order chi connectivity index (χ1) is 17.3. The summed E-state index contributed by atoms with van der Waals surface area (Å²) < 4.78 is 46.7. The first kappa shape index (κ1) is 26.3. The van der Waals surface area contributed by atoms with Crippen molar-refractivity contribution in [1.82, 2.24) is 8.87 Å². The van der Waals surface area contributed by atoms with Crippen LogP contribution in [-0.2, 0) is 21.3 Å². The number of aromatic nitrogens is 1. The largest absolute Gasteiger partial charge is 0.495 e. The summed E-state index contributed by atoms with van der Waals surface area (Å²) in [7, 11) is 1.05. The molecule has 0 N–H and O–H groups in total. The Balaban J connectivity index is 1.65. The molecular weight excluding hydrogens is 502 g/mol. The number of nitrogens with zero attached hydrogens (tertiary/aromatic N) is 3. The van der Waals surface area contributed by atoms with Crippen LogP contribution in [-0.4, -0.2) is 63.7 Å². The third kappa shape index (κ3) is 5.19. The number of hydrogen-bond donors (Lipinski definition) is 0. The van der Waals surface area contributed by atoms with E-state index < -0.39 is 15.9 Å². The highest BCUT2D eigenvalue weighted by molar-refractivity contribution is 7.89. The summed E-state index contributed by atoms with van der Waals surface area (Å²) >= 11 is 1.35. The number of hydrogen-bond acceptors (Lipinski definition) is 7. The zero-order valence-electron chi connectivity index (χ0n) is 20.9. The van der Waals surface area contributed by atoms with Crippen molar-refractivity contribution in [2.24, 2.45) is 4.99 Å². The van der Waals surface area contributed by atoms with Crippen LogP contribution in [0.3, 0.4) is 0 Å². The fraction of sp³-hybridized carbons (Fsp3) is 0.440. The van der Waals surface area contributed by atoms with Crippen LogP contribution in [0.25, 0.3) is 10.2 Å². The molecule has 1 saturated heterocycles. The normalized spacial score (nSPS) is 16.7. The van der Waals surface area contributed by atoms with Gasteiger partial charge in [-0.1, -0.05) is 18.3 Å². The number of thiazole rings is 1. The molecule has 0 spiro atoms. The first-order valence-corrected chi connectivity index (χ1v) is 14.1. The molecule has 1 aliphatic heterocycles. The van der Waals surface area contributed by atoms with Gasteiger partial charge in [-0.3, -0.25) is 4.79 Å². The molecule has 0 radical (unpaired) electrons. The maximum absolute atomic E-state index is 13.1. The molecule has 0 bridgehead atoms. The van der Waals surface area contributed by atoms with Crippen molar-refractivity contribution in [3.05, 3.63) is 46.8 Å². The van der Waals surface area contributed by atoms with E-state index in [0.29, 0.717) is 41.6 Å². The third-order valence-electron chi connectivity index (χ3n) is 6.13. The lowest BCUT2D eigenvalue weighted by molar-refractivity contribution is 0.0979. The summed E-state index contributed by atoms with van der Waals surface area (Å²) in [6.07, 6.45) is 2.54. The number of carbonyl (C=O) groups excluding carboxylic acids is 1. The fourth-order valence-electron chi connectivity index (χ4n) is 4.24. The Hall–Kier alpha value is -2.73. The van der Waals surface area contributed by atoms with Gasteiger partial charge < -0.3 is 18.8 Å². The van der Waals surface area contributed by atoms with Crippen molar-refractivity contribution >= 4 is 37.5 Å². The van der Waals surface area contributed by atoms with Crippen LogP contribution in [0.4, 0.5) is 0 Å². The number of methoxy groups -OCH3 is 2.